The number of rotatable bonds is 7. The number of carbonyl (C=O) groups is 1. The molecule has 0 unspecified atom stereocenters. The summed E-state index contributed by atoms with van der Waals surface area (Å²) in [6.45, 7) is 0.907. The third kappa shape index (κ3) is 4.64. The number of imidazole rings is 1. The summed E-state index contributed by atoms with van der Waals surface area (Å²) in [6.07, 6.45) is 4.47. The second-order valence-electron chi connectivity index (χ2n) is 4.30. The summed E-state index contributed by atoms with van der Waals surface area (Å²) in [5, 5.41) is 2.82. The Hall–Kier alpha value is -2.50. The molecule has 20 heavy (non-hydrogen) atoms. The van der Waals surface area contributed by atoms with Gasteiger partial charge in [-0.2, -0.15) is 0 Å². The van der Waals surface area contributed by atoms with Crippen LogP contribution in [0.3, 0.4) is 0 Å². The van der Waals surface area contributed by atoms with Crippen molar-refractivity contribution in [3.63, 3.8) is 0 Å². The number of aromatic amines is 1. The Morgan fingerprint density at radius 2 is 2.15 bits per heavy atom. The number of hydrogen-bond acceptors (Lipinski definition) is 4. The van der Waals surface area contributed by atoms with Crippen LogP contribution in [-0.4, -0.2) is 29.0 Å². The van der Waals surface area contributed by atoms with Crippen molar-refractivity contribution >= 4 is 11.6 Å². The van der Waals surface area contributed by atoms with Crippen LogP contribution in [0, 0.1) is 0 Å². The van der Waals surface area contributed by atoms with Gasteiger partial charge in [-0.3, -0.25) is 4.79 Å². The van der Waals surface area contributed by atoms with Gasteiger partial charge in [0.1, 0.15) is 11.6 Å². The molecule has 106 valence electrons. The lowest BCUT2D eigenvalue weighted by atomic mass is 10.3. The second kappa shape index (κ2) is 7.18. The van der Waals surface area contributed by atoms with Gasteiger partial charge in [-0.25, -0.2) is 4.98 Å². The molecular formula is C14H18N4O2. The number of benzene rings is 1. The quantitative estimate of drug-likeness (QED) is 0.660. The highest BCUT2D eigenvalue weighted by Gasteiger charge is 2.02. The molecular weight excluding hydrogens is 256 g/mol. The molecule has 6 nitrogen and oxygen atoms in total. The molecule has 2 rings (SSSR count). The molecule has 6 heteroatoms. The number of nitrogen functional groups attached to an aromatic ring is 1. The standard InChI is InChI=1S/C14H18N4O2/c15-11-1-3-12(4-2-11)20-10-6-14(19)18-7-5-13-16-8-9-17-13/h1-4,8-9H,5-7,10,15H2,(H,16,17)(H,18,19). The van der Waals surface area contributed by atoms with E-state index in [1.54, 1.807) is 36.7 Å². The fraction of sp³-hybridized carbons (Fsp3) is 0.286. The lowest BCUT2D eigenvalue weighted by Gasteiger charge is -2.07. The van der Waals surface area contributed by atoms with E-state index in [9.17, 15) is 4.79 Å². The lowest BCUT2D eigenvalue weighted by Crippen LogP contribution is -2.27. The maximum atomic E-state index is 11.6. The van der Waals surface area contributed by atoms with Gasteiger partial charge in [-0.15, -0.1) is 0 Å². The number of H-pyrrole nitrogens is 1. The zero-order valence-corrected chi connectivity index (χ0v) is 11.1. The van der Waals surface area contributed by atoms with E-state index in [0.29, 0.717) is 37.4 Å². The van der Waals surface area contributed by atoms with Gasteiger partial charge >= 0.3 is 0 Å². The van der Waals surface area contributed by atoms with Crippen LogP contribution in [0.15, 0.2) is 36.7 Å². The van der Waals surface area contributed by atoms with E-state index >= 15 is 0 Å². The van der Waals surface area contributed by atoms with E-state index < -0.39 is 0 Å². The number of ether oxygens (including phenoxy) is 1. The fourth-order valence-electron chi connectivity index (χ4n) is 1.67. The Morgan fingerprint density at radius 3 is 2.85 bits per heavy atom. The minimum absolute atomic E-state index is 0.0352. The van der Waals surface area contributed by atoms with Crippen molar-refractivity contribution < 1.29 is 9.53 Å². The molecule has 0 aliphatic heterocycles. The van der Waals surface area contributed by atoms with Crippen LogP contribution in [0.1, 0.15) is 12.2 Å². The zero-order valence-electron chi connectivity index (χ0n) is 11.1. The summed E-state index contributed by atoms with van der Waals surface area (Å²) in [6, 6.07) is 7.09. The SMILES string of the molecule is Nc1ccc(OCCC(=O)NCCc2ncc[nH]2)cc1. The van der Waals surface area contributed by atoms with E-state index in [-0.39, 0.29) is 5.91 Å². The number of amides is 1. The number of nitrogens with zero attached hydrogens (tertiary/aromatic N) is 1. The molecule has 0 aliphatic rings. The highest BCUT2D eigenvalue weighted by Crippen LogP contribution is 2.12. The molecule has 0 fully saturated rings. The molecule has 1 heterocycles. The minimum atomic E-state index is -0.0352. The van der Waals surface area contributed by atoms with Gasteiger partial charge < -0.3 is 20.8 Å². The maximum Gasteiger partial charge on any atom is 0.223 e. The molecule has 1 amide bonds. The van der Waals surface area contributed by atoms with Crippen molar-refractivity contribution in [3.8, 4) is 5.75 Å². The molecule has 0 saturated carbocycles. The van der Waals surface area contributed by atoms with Crippen molar-refractivity contribution in [1.82, 2.24) is 15.3 Å². The monoisotopic (exact) mass is 274 g/mol. The number of anilines is 1. The van der Waals surface area contributed by atoms with Crippen molar-refractivity contribution in [2.45, 2.75) is 12.8 Å². The van der Waals surface area contributed by atoms with Crippen LogP contribution in [0.4, 0.5) is 5.69 Å². The van der Waals surface area contributed by atoms with Gasteiger partial charge in [-0.1, -0.05) is 0 Å². The molecule has 0 radical (unpaired) electrons. The van der Waals surface area contributed by atoms with Crippen molar-refractivity contribution in [3.05, 3.63) is 42.5 Å². The fourth-order valence-corrected chi connectivity index (χ4v) is 1.67. The third-order valence-electron chi connectivity index (χ3n) is 2.72. The number of nitrogens with one attached hydrogen (secondary N) is 2. The molecule has 0 saturated heterocycles. The van der Waals surface area contributed by atoms with Crippen molar-refractivity contribution in [1.29, 1.82) is 0 Å². The number of carbonyl (C=O) groups excluding carboxylic acids is 1. The van der Waals surface area contributed by atoms with Crippen LogP contribution in [0.2, 0.25) is 0 Å². The number of hydrogen-bond donors (Lipinski definition) is 3. The molecule has 0 aliphatic carbocycles. The maximum absolute atomic E-state index is 11.6. The lowest BCUT2D eigenvalue weighted by molar-refractivity contribution is -0.121. The molecule has 0 spiro atoms. The Morgan fingerprint density at radius 1 is 1.35 bits per heavy atom. The van der Waals surface area contributed by atoms with Gasteiger partial charge in [0.05, 0.1) is 13.0 Å². The average molecular weight is 274 g/mol. The second-order valence-corrected chi connectivity index (χ2v) is 4.30. The van der Waals surface area contributed by atoms with Gasteiger partial charge in [0.15, 0.2) is 0 Å². The predicted octanol–water partition coefficient (Wildman–Crippen LogP) is 1.12. The Balaban J connectivity index is 1.59. The predicted molar refractivity (Wildman–Crippen MR) is 76.3 cm³/mol. The molecule has 4 N–H and O–H groups in total. The number of nitrogens with two attached hydrogens (primary N) is 1. The highest BCUT2D eigenvalue weighted by atomic mass is 16.5. The van der Waals surface area contributed by atoms with Gasteiger partial charge in [0.2, 0.25) is 5.91 Å². The Bertz CT molecular complexity index is 523. The van der Waals surface area contributed by atoms with Gasteiger partial charge in [-0.05, 0) is 24.3 Å². The highest BCUT2D eigenvalue weighted by molar-refractivity contribution is 5.75. The first-order valence-corrected chi connectivity index (χ1v) is 6.47. The van der Waals surface area contributed by atoms with Crippen molar-refractivity contribution in [2.24, 2.45) is 0 Å². The molecule has 0 bridgehead atoms. The molecule has 2 aromatic rings. The Labute approximate surface area is 117 Å². The normalized spacial score (nSPS) is 10.2. The summed E-state index contributed by atoms with van der Waals surface area (Å²) in [4.78, 5) is 18.6. The third-order valence-corrected chi connectivity index (χ3v) is 2.72. The van der Waals surface area contributed by atoms with E-state index in [4.69, 9.17) is 10.5 Å². The van der Waals surface area contributed by atoms with Crippen LogP contribution in [0.5, 0.6) is 5.75 Å². The van der Waals surface area contributed by atoms with E-state index in [1.807, 2.05) is 0 Å². The summed E-state index contributed by atoms with van der Waals surface area (Å²) in [7, 11) is 0. The van der Waals surface area contributed by atoms with Crippen LogP contribution in [-0.2, 0) is 11.2 Å². The largest absolute Gasteiger partial charge is 0.493 e. The average Bonchev–Trinajstić information content (AvgIpc) is 2.94. The van der Waals surface area contributed by atoms with Crippen LogP contribution < -0.4 is 15.8 Å². The van der Waals surface area contributed by atoms with Crippen LogP contribution >= 0.6 is 0 Å². The minimum Gasteiger partial charge on any atom is -0.493 e. The van der Waals surface area contributed by atoms with E-state index in [1.165, 1.54) is 0 Å². The van der Waals surface area contributed by atoms with Crippen LogP contribution in [0.25, 0.3) is 0 Å². The molecule has 1 aromatic heterocycles. The summed E-state index contributed by atoms with van der Waals surface area (Å²) in [5.74, 6) is 1.54. The van der Waals surface area contributed by atoms with Gasteiger partial charge in [0.25, 0.3) is 0 Å². The van der Waals surface area contributed by atoms with Crippen molar-refractivity contribution in [2.75, 3.05) is 18.9 Å². The first-order chi connectivity index (χ1) is 9.74. The topological polar surface area (TPSA) is 93.0 Å². The number of aromatic nitrogens is 2. The summed E-state index contributed by atoms with van der Waals surface area (Å²) < 4.78 is 5.45. The smallest absolute Gasteiger partial charge is 0.223 e. The molecule has 0 atom stereocenters. The molecule has 1 aromatic carbocycles. The Kier molecular flexibility index (Phi) is 5.00. The summed E-state index contributed by atoms with van der Waals surface area (Å²) >= 11 is 0. The first-order valence-electron chi connectivity index (χ1n) is 6.47. The van der Waals surface area contributed by atoms with Gasteiger partial charge in [0, 0.05) is 31.0 Å². The zero-order chi connectivity index (χ0) is 14.2. The summed E-state index contributed by atoms with van der Waals surface area (Å²) in [5.41, 5.74) is 6.26. The first kappa shape index (κ1) is 13.9. The van der Waals surface area contributed by atoms with E-state index in [2.05, 4.69) is 15.3 Å². The van der Waals surface area contributed by atoms with E-state index in [0.717, 1.165) is 5.82 Å².